The number of carbonyl (C=O) groups excluding carboxylic acids is 1. The molecule has 154 valence electrons. The molecule has 1 saturated heterocycles. The van der Waals surface area contributed by atoms with Crippen molar-refractivity contribution in [3.8, 4) is 11.5 Å². The Bertz CT molecular complexity index is 876. The van der Waals surface area contributed by atoms with Crippen LogP contribution in [0.2, 0.25) is 5.02 Å². The van der Waals surface area contributed by atoms with Gasteiger partial charge in [-0.1, -0.05) is 29.8 Å². The summed E-state index contributed by atoms with van der Waals surface area (Å²) in [7, 11) is 0. The molecule has 0 saturated carbocycles. The van der Waals surface area contributed by atoms with E-state index in [2.05, 4.69) is 0 Å². The van der Waals surface area contributed by atoms with Crippen LogP contribution in [0.25, 0.3) is 0 Å². The van der Waals surface area contributed by atoms with Crippen molar-refractivity contribution in [1.29, 1.82) is 0 Å². The Morgan fingerprint density at radius 1 is 1.07 bits per heavy atom. The van der Waals surface area contributed by atoms with E-state index in [-0.39, 0.29) is 5.91 Å². The minimum absolute atomic E-state index is 0.324. The maximum absolute atomic E-state index is 13.5. The summed E-state index contributed by atoms with van der Waals surface area (Å²) in [6.07, 6.45) is 0.885. The Morgan fingerprint density at radius 2 is 1.69 bits per heavy atom. The highest BCUT2D eigenvalue weighted by molar-refractivity contribution is 6.31. The number of nitrogens with zero attached hydrogens (tertiary/aromatic N) is 1. The number of hydrogen-bond acceptors (Lipinski definition) is 4. The fourth-order valence-electron chi connectivity index (χ4n) is 3.73. The van der Waals surface area contributed by atoms with Crippen LogP contribution in [-0.2, 0) is 4.79 Å². The number of likely N-dealkylation sites (tertiary alicyclic amines) is 1. The van der Waals surface area contributed by atoms with E-state index in [4.69, 9.17) is 21.1 Å². The van der Waals surface area contributed by atoms with Crippen LogP contribution >= 0.6 is 11.6 Å². The van der Waals surface area contributed by atoms with Gasteiger partial charge in [0.05, 0.1) is 19.3 Å². The molecule has 0 unspecified atom stereocenters. The van der Waals surface area contributed by atoms with Gasteiger partial charge in [0.25, 0.3) is 5.91 Å². The molecule has 2 aromatic rings. The van der Waals surface area contributed by atoms with Crippen LogP contribution in [0.1, 0.15) is 48.7 Å². The number of amides is 1. The Kier molecular flexibility index (Phi) is 6.64. The summed E-state index contributed by atoms with van der Waals surface area (Å²) in [4.78, 5) is 26.8. The molecule has 0 bridgehead atoms. The number of ether oxygens (including phenoxy) is 2. The zero-order chi connectivity index (χ0) is 21.0. The fraction of sp³-hybridized carbons (Fsp3) is 0.364. The Balaban J connectivity index is 2.03. The number of halogens is 1. The van der Waals surface area contributed by atoms with Crippen molar-refractivity contribution in [1.82, 2.24) is 4.90 Å². The van der Waals surface area contributed by atoms with Crippen LogP contribution in [0, 0.1) is 0 Å². The third-order valence-electron chi connectivity index (χ3n) is 4.92. The third kappa shape index (κ3) is 4.48. The molecule has 1 aliphatic rings. The molecule has 2 atom stereocenters. The van der Waals surface area contributed by atoms with E-state index in [0.717, 1.165) is 5.56 Å². The minimum Gasteiger partial charge on any atom is -0.494 e. The molecule has 1 aliphatic heterocycles. The van der Waals surface area contributed by atoms with Gasteiger partial charge in [-0.3, -0.25) is 4.79 Å². The van der Waals surface area contributed by atoms with E-state index < -0.39 is 18.1 Å². The lowest BCUT2D eigenvalue weighted by molar-refractivity contribution is -0.141. The molecular formula is C22H24ClNO5. The van der Waals surface area contributed by atoms with Crippen LogP contribution in [0.4, 0.5) is 0 Å². The summed E-state index contributed by atoms with van der Waals surface area (Å²) in [5, 5.41) is 10.2. The van der Waals surface area contributed by atoms with E-state index in [1.807, 2.05) is 32.0 Å². The molecule has 1 fully saturated rings. The SMILES string of the molecule is CCOc1cc(OCC)cc(C(=O)N2[C@@H](c3ccccc3Cl)CC[C@H]2C(=O)O)c1. The maximum Gasteiger partial charge on any atom is 0.326 e. The number of aliphatic carboxylic acids is 1. The molecular weight excluding hydrogens is 394 g/mol. The molecule has 0 aliphatic carbocycles. The second kappa shape index (κ2) is 9.18. The van der Waals surface area contributed by atoms with Crippen molar-refractivity contribution in [3.63, 3.8) is 0 Å². The van der Waals surface area contributed by atoms with Gasteiger partial charge in [0.1, 0.15) is 17.5 Å². The minimum atomic E-state index is -1.03. The lowest BCUT2D eigenvalue weighted by Crippen LogP contribution is -2.41. The number of carboxylic acids is 1. The first-order chi connectivity index (χ1) is 14.0. The Hall–Kier alpha value is -2.73. The van der Waals surface area contributed by atoms with Crippen LogP contribution < -0.4 is 9.47 Å². The van der Waals surface area contributed by atoms with Crippen molar-refractivity contribution < 1.29 is 24.2 Å². The Labute approximate surface area is 175 Å². The molecule has 0 radical (unpaired) electrons. The predicted molar refractivity (Wildman–Crippen MR) is 110 cm³/mol. The number of benzene rings is 2. The second-order valence-corrected chi connectivity index (χ2v) is 7.15. The van der Waals surface area contributed by atoms with E-state index >= 15 is 0 Å². The van der Waals surface area contributed by atoms with Crippen molar-refractivity contribution in [2.75, 3.05) is 13.2 Å². The molecule has 6 nitrogen and oxygen atoms in total. The van der Waals surface area contributed by atoms with E-state index in [9.17, 15) is 14.7 Å². The molecule has 2 aromatic carbocycles. The normalized spacial score (nSPS) is 18.5. The van der Waals surface area contributed by atoms with E-state index in [1.165, 1.54) is 4.90 Å². The number of carboxylic acid groups (broad SMARTS) is 1. The average Bonchev–Trinajstić information content (AvgIpc) is 3.13. The first-order valence-corrected chi connectivity index (χ1v) is 10.0. The van der Waals surface area contributed by atoms with Crippen molar-refractivity contribution in [3.05, 3.63) is 58.6 Å². The van der Waals surface area contributed by atoms with Gasteiger partial charge >= 0.3 is 5.97 Å². The van der Waals surface area contributed by atoms with E-state index in [0.29, 0.717) is 48.1 Å². The third-order valence-corrected chi connectivity index (χ3v) is 5.26. The molecule has 3 rings (SSSR count). The quantitative estimate of drug-likeness (QED) is 0.714. The second-order valence-electron chi connectivity index (χ2n) is 6.74. The average molecular weight is 418 g/mol. The van der Waals surface area contributed by atoms with Gasteiger partial charge in [-0.2, -0.15) is 0 Å². The zero-order valence-corrected chi connectivity index (χ0v) is 17.2. The van der Waals surface area contributed by atoms with Crippen LogP contribution in [0.5, 0.6) is 11.5 Å². The van der Waals surface area contributed by atoms with Gasteiger partial charge < -0.3 is 19.5 Å². The summed E-state index contributed by atoms with van der Waals surface area (Å²) in [5.74, 6) is -0.412. The van der Waals surface area contributed by atoms with Crippen molar-refractivity contribution in [2.24, 2.45) is 0 Å². The summed E-state index contributed by atoms with van der Waals surface area (Å²) in [5.41, 5.74) is 1.07. The first kappa shape index (κ1) is 21.0. The van der Waals surface area contributed by atoms with Gasteiger partial charge in [0, 0.05) is 16.7 Å². The summed E-state index contributed by atoms with van der Waals surface area (Å²) in [6.45, 7) is 4.58. The first-order valence-electron chi connectivity index (χ1n) is 9.66. The molecule has 1 amide bonds. The molecule has 1 N–H and O–H groups in total. The van der Waals surface area contributed by atoms with Gasteiger partial charge in [-0.15, -0.1) is 0 Å². The number of rotatable bonds is 7. The molecule has 0 spiro atoms. The number of carbonyl (C=O) groups is 2. The van der Waals surface area contributed by atoms with E-state index in [1.54, 1.807) is 24.3 Å². The molecule has 1 heterocycles. The van der Waals surface area contributed by atoms with Gasteiger partial charge in [-0.05, 0) is 50.5 Å². The highest BCUT2D eigenvalue weighted by Crippen LogP contribution is 2.40. The molecule has 29 heavy (non-hydrogen) atoms. The number of hydrogen-bond donors (Lipinski definition) is 1. The topological polar surface area (TPSA) is 76.1 Å². The van der Waals surface area contributed by atoms with Crippen molar-refractivity contribution >= 4 is 23.5 Å². The lowest BCUT2D eigenvalue weighted by Gasteiger charge is -2.29. The monoisotopic (exact) mass is 417 g/mol. The highest BCUT2D eigenvalue weighted by atomic mass is 35.5. The standard InChI is InChI=1S/C22H24ClNO5/c1-3-28-15-11-14(12-16(13-15)29-4-2)21(25)24-19(9-10-20(24)22(26)27)17-7-5-6-8-18(17)23/h5-8,11-13,19-20H,3-4,9-10H2,1-2H3,(H,26,27)/t19-,20+/m1/s1. The predicted octanol–water partition coefficient (Wildman–Crippen LogP) is 4.57. The van der Waals surface area contributed by atoms with Gasteiger partial charge in [0.15, 0.2) is 0 Å². The smallest absolute Gasteiger partial charge is 0.326 e. The van der Waals surface area contributed by atoms with Gasteiger partial charge in [0.2, 0.25) is 0 Å². The highest BCUT2D eigenvalue weighted by Gasteiger charge is 2.42. The maximum atomic E-state index is 13.5. The van der Waals surface area contributed by atoms with Crippen LogP contribution in [0.15, 0.2) is 42.5 Å². The largest absolute Gasteiger partial charge is 0.494 e. The summed E-state index contributed by atoms with van der Waals surface area (Å²) < 4.78 is 11.1. The van der Waals surface area contributed by atoms with Crippen LogP contribution in [-0.4, -0.2) is 41.1 Å². The summed E-state index contributed by atoms with van der Waals surface area (Å²) >= 11 is 6.36. The van der Waals surface area contributed by atoms with Crippen LogP contribution in [0.3, 0.4) is 0 Å². The van der Waals surface area contributed by atoms with Gasteiger partial charge in [-0.25, -0.2) is 4.79 Å². The lowest BCUT2D eigenvalue weighted by atomic mass is 10.0. The zero-order valence-electron chi connectivity index (χ0n) is 16.4. The molecule has 0 aromatic heterocycles. The fourth-order valence-corrected chi connectivity index (χ4v) is 3.99. The molecule has 7 heteroatoms. The van der Waals surface area contributed by atoms with Crippen molar-refractivity contribution in [2.45, 2.75) is 38.8 Å². The summed E-state index contributed by atoms with van der Waals surface area (Å²) in [6, 6.07) is 10.8. The Morgan fingerprint density at radius 3 is 2.24 bits per heavy atom.